The van der Waals surface area contributed by atoms with Crippen LogP contribution in [0.3, 0.4) is 0 Å². The molecule has 5 heteroatoms. The van der Waals surface area contributed by atoms with Gasteiger partial charge in [0.25, 0.3) is 0 Å². The summed E-state index contributed by atoms with van der Waals surface area (Å²) in [6.07, 6.45) is 5.40. The van der Waals surface area contributed by atoms with E-state index >= 15 is 0 Å². The van der Waals surface area contributed by atoms with Gasteiger partial charge in [0.05, 0.1) is 4.58 Å². The molecule has 1 heterocycles. The standard InChI is InChI=1S/C10H20N2S3/c1-2-3-4-5-9-14-6-8(7-15-9)12-10(11)13/h8-9H,2-7H2,1H3,(H3,11,12,13)/t8-,9-. The van der Waals surface area contributed by atoms with E-state index in [9.17, 15) is 0 Å². The van der Waals surface area contributed by atoms with Gasteiger partial charge in [0.2, 0.25) is 0 Å². The van der Waals surface area contributed by atoms with Crippen molar-refractivity contribution in [1.29, 1.82) is 0 Å². The van der Waals surface area contributed by atoms with Crippen LogP contribution in [-0.4, -0.2) is 27.2 Å². The summed E-state index contributed by atoms with van der Waals surface area (Å²) in [4.78, 5) is 0. The number of nitrogens with one attached hydrogen (secondary N) is 1. The first-order chi connectivity index (χ1) is 7.22. The molecular weight excluding hydrogens is 244 g/mol. The van der Waals surface area contributed by atoms with Crippen LogP contribution in [0.4, 0.5) is 0 Å². The normalized spacial score (nSPS) is 26.2. The molecule has 1 saturated heterocycles. The zero-order chi connectivity index (χ0) is 11.1. The van der Waals surface area contributed by atoms with E-state index in [2.05, 4.69) is 12.2 Å². The van der Waals surface area contributed by atoms with Gasteiger partial charge in [-0.3, -0.25) is 0 Å². The first-order valence-electron chi connectivity index (χ1n) is 5.51. The molecule has 1 aliphatic rings. The molecule has 0 bridgehead atoms. The molecule has 1 aliphatic heterocycles. The van der Waals surface area contributed by atoms with Crippen LogP contribution in [0.2, 0.25) is 0 Å². The van der Waals surface area contributed by atoms with Crippen LogP contribution < -0.4 is 11.1 Å². The van der Waals surface area contributed by atoms with E-state index < -0.39 is 0 Å². The summed E-state index contributed by atoms with van der Waals surface area (Å²) in [5.74, 6) is 2.28. The summed E-state index contributed by atoms with van der Waals surface area (Å²) in [6.45, 7) is 2.25. The van der Waals surface area contributed by atoms with Crippen LogP contribution in [0.15, 0.2) is 0 Å². The highest BCUT2D eigenvalue weighted by molar-refractivity contribution is 8.17. The molecule has 2 nitrogen and oxygen atoms in total. The Morgan fingerprint density at radius 1 is 1.40 bits per heavy atom. The van der Waals surface area contributed by atoms with E-state index in [1.807, 2.05) is 23.5 Å². The number of rotatable bonds is 5. The van der Waals surface area contributed by atoms with Gasteiger partial charge < -0.3 is 11.1 Å². The van der Waals surface area contributed by atoms with Gasteiger partial charge in [-0.05, 0) is 18.6 Å². The van der Waals surface area contributed by atoms with E-state index in [1.54, 1.807) is 0 Å². The van der Waals surface area contributed by atoms with Crippen molar-refractivity contribution < 1.29 is 0 Å². The molecule has 0 spiro atoms. The lowest BCUT2D eigenvalue weighted by Gasteiger charge is -2.28. The minimum atomic E-state index is 0.436. The summed E-state index contributed by atoms with van der Waals surface area (Å²) in [5, 5.41) is 3.57. The highest BCUT2D eigenvalue weighted by Crippen LogP contribution is 2.34. The number of unbranched alkanes of at least 4 members (excludes halogenated alkanes) is 2. The third-order valence-electron chi connectivity index (χ3n) is 2.36. The smallest absolute Gasteiger partial charge is 0.163 e. The SMILES string of the molecule is CCCCC[C@H]1SC[C@H](NC(N)=S)CS1. The average molecular weight is 264 g/mol. The van der Waals surface area contributed by atoms with Crippen LogP contribution in [-0.2, 0) is 0 Å². The molecule has 3 N–H and O–H groups in total. The Hall–Kier alpha value is 0.390. The van der Waals surface area contributed by atoms with Crippen molar-refractivity contribution in [2.75, 3.05) is 11.5 Å². The van der Waals surface area contributed by atoms with Crippen LogP contribution in [0.5, 0.6) is 0 Å². The number of nitrogens with two attached hydrogens (primary N) is 1. The fourth-order valence-electron chi connectivity index (χ4n) is 1.56. The Bertz CT molecular complexity index is 191. The molecule has 0 aromatic rings. The van der Waals surface area contributed by atoms with Gasteiger partial charge in [0, 0.05) is 17.5 Å². The molecule has 0 unspecified atom stereocenters. The molecule has 1 fully saturated rings. The highest BCUT2D eigenvalue weighted by Gasteiger charge is 2.21. The van der Waals surface area contributed by atoms with Gasteiger partial charge in [-0.25, -0.2) is 0 Å². The van der Waals surface area contributed by atoms with Crippen molar-refractivity contribution in [3.05, 3.63) is 0 Å². The Balaban J connectivity index is 2.10. The van der Waals surface area contributed by atoms with Gasteiger partial charge in [0.15, 0.2) is 5.11 Å². The predicted octanol–water partition coefficient (Wildman–Crippen LogP) is 2.57. The molecule has 0 saturated carbocycles. The number of thiocarbonyl (C=S) groups is 1. The first kappa shape index (κ1) is 13.5. The Kier molecular flexibility index (Phi) is 6.84. The lowest BCUT2D eigenvalue weighted by atomic mass is 10.2. The van der Waals surface area contributed by atoms with Gasteiger partial charge in [0.1, 0.15) is 0 Å². The zero-order valence-corrected chi connectivity index (χ0v) is 11.6. The predicted molar refractivity (Wildman–Crippen MR) is 76.6 cm³/mol. The van der Waals surface area contributed by atoms with Gasteiger partial charge in [-0.1, -0.05) is 26.2 Å². The van der Waals surface area contributed by atoms with Gasteiger partial charge >= 0.3 is 0 Å². The van der Waals surface area contributed by atoms with E-state index in [1.165, 1.54) is 25.7 Å². The van der Waals surface area contributed by atoms with Crippen molar-refractivity contribution >= 4 is 40.9 Å². The van der Waals surface area contributed by atoms with Crippen molar-refractivity contribution in [2.45, 2.75) is 43.2 Å². The minimum absolute atomic E-state index is 0.436. The van der Waals surface area contributed by atoms with E-state index in [0.717, 1.165) is 16.1 Å². The summed E-state index contributed by atoms with van der Waals surface area (Å²) in [6, 6.07) is 0.472. The summed E-state index contributed by atoms with van der Waals surface area (Å²) < 4.78 is 0.793. The topological polar surface area (TPSA) is 38.0 Å². The minimum Gasteiger partial charge on any atom is -0.376 e. The number of thioether (sulfide) groups is 2. The second-order valence-corrected chi connectivity index (χ2v) is 7.01. The zero-order valence-electron chi connectivity index (χ0n) is 9.20. The van der Waals surface area contributed by atoms with Gasteiger partial charge in [-0.15, -0.1) is 23.5 Å². The molecule has 0 aliphatic carbocycles. The molecule has 0 aromatic carbocycles. The molecule has 0 atom stereocenters. The second-order valence-electron chi connectivity index (χ2n) is 3.80. The lowest BCUT2D eigenvalue weighted by molar-refractivity contribution is 0.688. The maximum absolute atomic E-state index is 5.46. The Labute approximate surface area is 107 Å². The number of hydrogen-bond donors (Lipinski definition) is 2. The summed E-state index contributed by atoms with van der Waals surface area (Å²) in [5.41, 5.74) is 5.46. The third-order valence-corrected chi connectivity index (χ3v) is 5.70. The van der Waals surface area contributed by atoms with Crippen LogP contribution in [0, 0.1) is 0 Å². The molecule has 1 rings (SSSR count). The average Bonchev–Trinajstić information content (AvgIpc) is 2.20. The van der Waals surface area contributed by atoms with E-state index in [-0.39, 0.29) is 0 Å². The van der Waals surface area contributed by atoms with Crippen molar-refractivity contribution in [3.8, 4) is 0 Å². The monoisotopic (exact) mass is 264 g/mol. The largest absolute Gasteiger partial charge is 0.376 e. The Morgan fingerprint density at radius 2 is 2.07 bits per heavy atom. The second kappa shape index (κ2) is 7.63. The maximum atomic E-state index is 5.46. The van der Waals surface area contributed by atoms with Crippen LogP contribution >= 0.6 is 35.7 Å². The fourth-order valence-corrected chi connectivity index (χ4v) is 4.69. The molecule has 0 aromatic heterocycles. The highest BCUT2D eigenvalue weighted by atomic mass is 32.2. The van der Waals surface area contributed by atoms with Gasteiger partial charge in [-0.2, -0.15) is 0 Å². The maximum Gasteiger partial charge on any atom is 0.163 e. The summed E-state index contributed by atoms with van der Waals surface area (Å²) >= 11 is 8.94. The van der Waals surface area contributed by atoms with E-state index in [4.69, 9.17) is 18.0 Å². The molecular formula is C10H20N2S3. The third kappa shape index (κ3) is 5.88. The lowest BCUT2D eigenvalue weighted by Crippen LogP contribution is -2.43. The first-order valence-corrected chi connectivity index (χ1v) is 8.02. The molecule has 88 valence electrons. The number of hydrogen-bond acceptors (Lipinski definition) is 3. The summed E-state index contributed by atoms with van der Waals surface area (Å²) in [7, 11) is 0. The van der Waals surface area contributed by atoms with E-state index in [0.29, 0.717) is 11.2 Å². The molecule has 15 heavy (non-hydrogen) atoms. The quantitative estimate of drug-likeness (QED) is 0.590. The fraction of sp³-hybridized carbons (Fsp3) is 0.900. The molecule has 0 radical (unpaired) electrons. The van der Waals surface area contributed by atoms with Crippen molar-refractivity contribution in [1.82, 2.24) is 5.32 Å². The van der Waals surface area contributed by atoms with Crippen molar-refractivity contribution in [3.63, 3.8) is 0 Å². The molecule has 0 amide bonds. The van der Waals surface area contributed by atoms with Crippen molar-refractivity contribution in [2.24, 2.45) is 5.73 Å². The Morgan fingerprint density at radius 3 is 2.60 bits per heavy atom. The van der Waals surface area contributed by atoms with Crippen LogP contribution in [0.1, 0.15) is 32.6 Å². The van der Waals surface area contributed by atoms with Crippen LogP contribution in [0.25, 0.3) is 0 Å².